The van der Waals surface area contributed by atoms with Gasteiger partial charge in [-0.2, -0.15) is 0 Å². The third-order valence-electron chi connectivity index (χ3n) is 6.98. The second-order valence-electron chi connectivity index (χ2n) is 11.6. The van der Waals surface area contributed by atoms with E-state index in [0.717, 1.165) is 0 Å². The number of benzene rings is 1. The highest BCUT2D eigenvalue weighted by Crippen LogP contribution is 2.44. The van der Waals surface area contributed by atoms with Crippen molar-refractivity contribution < 1.29 is 23.7 Å². The van der Waals surface area contributed by atoms with Gasteiger partial charge in [-0.1, -0.05) is 32.9 Å². The zero-order valence-electron chi connectivity index (χ0n) is 23.2. The lowest BCUT2D eigenvalue weighted by atomic mass is 9.87. The summed E-state index contributed by atoms with van der Waals surface area (Å²) in [6.07, 6.45) is 1.09. The molecule has 1 amide bonds. The molecule has 0 bridgehead atoms. The van der Waals surface area contributed by atoms with Gasteiger partial charge in [0, 0.05) is 18.8 Å². The highest BCUT2D eigenvalue weighted by Gasteiger charge is 2.56. The zero-order valence-corrected chi connectivity index (χ0v) is 23.2. The number of hydrogen-bond donors (Lipinski definition) is 2. The predicted molar refractivity (Wildman–Crippen MR) is 145 cm³/mol. The molecule has 4 heterocycles. The maximum atomic E-state index is 12.3. The number of carbonyl (C=O) groups is 1. The second-order valence-corrected chi connectivity index (χ2v) is 11.6. The third-order valence-corrected chi connectivity index (χ3v) is 6.98. The highest BCUT2D eigenvalue weighted by atomic mass is 16.8. The van der Waals surface area contributed by atoms with E-state index in [1.165, 1.54) is 11.9 Å². The fourth-order valence-electron chi connectivity index (χ4n) is 4.99. The molecule has 39 heavy (non-hydrogen) atoms. The van der Waals surface area contributed by atoms with Gasteiger partial charge in [0.2, 0.25) is 0 Å². The van der Waals surface area contributed by atoms with E-state index in [2.05, 4.69) is 41.0 Å². The number of nitrogens with one attached hydrogen (secondary N) is 1. The first kappa shape index (κ1) is 27.3. The van der Waals surface area contributed by atoms with Gasteiger partial charge >= 0.3 is 6.09 Å². The van der Waals surface area contributed by atoms with Crippen molar-refractivity contribution in [1.29, 1.82) is 0 Å². The SMILES string of the molecule is CN(CCOC(=O)Nc1ccc(C(C)(C)C)cc1)CC1OC(n2cnc3c(N)ncnc32)C2OC(C)(C)OC12. The molecule has 2 aliphatic heterocycles. The molecule has 12 heteroatoms. The molecule has 3 aromatic rings. The van der Waals surface area contributed by atoms with Gasteiger partial charge in [0.1, 0.15) is 36.8 Å². The molecule has 3 N–H and O–H groups in total. The van der Waals surface area contributed by atoms with Crippen LogP contribution in [0.4, 0.5) is 16.3 Å². The number of hydrogen-bond acceptors (Lipinski definition) is 10. The van der Waals surface area contributed by atoms with Crippen LogP contribution in [-0.4, -0.2) is 81.4 Å². The van der Waals surface area contributed by atoms with Crippen LogP contribution in [0.2, 0.25) is 0 Å². The van der Waals surface area contributed by atoms with Crippen molar-refractivity contribution in [3.63, 3.8) is 0 Å². The maximum absolute atomic E-state index is 12.3. The number of nitrogens with two attached hydrogens (primary N) is 1. The molecule has 1 aromatic carbocycles. The van der Waals surface area contributed by atoms with Crippen molar-refractivity contribution in [2.45, 2.75) is 70.4 Å². The first-order chi connectivity index (χ1) is 18.4. The quantitative estimate of drug-likeness (QED) is 0.460. The Morgan fingerprint density at radius 2 is 1.87 bits per heavy atom. The number of anilines is 2. The van der Waals surface area contributed by atoms with E-state index in [0.29, 0.717) is 35.8 Å². The van der Waals surface area contributed by atoms with Crippen LogP contribution < -0.4 is 11.1 Å². The first-order valence-corrected chi connectivity index (χ1v) is 13.1. The zero-order chi connectivity index (χ0) is 27.9. The van der Waals surface area contributed by atoms with Crippen LogP contribution >= 0.6 is 0 Å². The Bertz CT molecular complexity index is 1320. The van der Waals surface area contributed by atoms with E-state index in [9.17, 15) is 4.79 Å². The van der Waals surface area contributed by atoms with E-state index in [1.807, 2.05) is 54.6 Å². The summed E-state index contributed by atoms with van der Waals surface area (Å²) in [6.45, 7) is 11.5. The summed E-state index contributed by atoms with van der Waals surface area (Å²) in [5, 5.41) is 2.78. The highest BCUT2D eigenvalue weighted by molar-refractivity contribution is 5.84. The van der Waals surface area contributed by atoms with Gasteiger partial charge in [0.05, 0.1) is 6.33 Å². The second kappa shape index (κ2) is 10.3. The van der Waals surface area contributed by atoms with Crippen molar-refractivity contribution in [3.8, 4) is 0 Å². The fraction of sp³-hybridized carbons (Fsp3) is 0.556. The summed E-state index contributed by atoms with van der Waals surface area (Å²) in [7, 11) is 1.94. The van der Waals surface area contributed by atoms with Gasteiger partial charge < -0.3 is 29.6 Å². The van der Waals surface area contributed by atoms with E-state index in [1.54, 1.807) is 6.33 Å². The largest absolute Gasteiger partial charge is 0.448 e. The van der Waals surface area contributed by atoms with Crippen LogP contribution in [0.5, 0.6) is 0 Å². The Kier molecular flexibility index (Phi) is 7.23. The number of fused-ring (bicyclic) bond motifs is 2. The summed E-state index contributed by atoms with van der Waals surface area (Å²) < 4.78 is 26.1. The minimum atomic E-state index is -0.759. The van der Waals surface area contributed by atoms with Crippen molar-refractivity contribution in [2.75, 3.05) is 37.8 Å². The van der Waals surface area contributed by atoms with E-state index in [4.69, 9.17) is 24.7 Å². The topological polar surface area (TPSA) is 139 Å². The molecule has 2 fully saturated rings. The van der Waals surface area contributed by atoms with Crippen LogP contribution in [0.25, 0.3) is 11.2 Å². The number of nitrogens with zero attached hydrogens (tertiary/aromatic N) is 5. The molecular weight excluding hydrogens is 502 g/mol. The van der Waals surface area contributed by atoms with Crippen LogP contribution in [0, 0.1) is 0 Å². The molecule has 4 unspecified atom stereocenters. The number of imidazole rings is 1. The minimum Gasteiger partial charge on any atom is -0.448 e. The number of aromatic nitrogens is 4. The smallest absolute Gasteiger partial charge is 0.411 e. The molecule has 2 saturated heterocycles. The Morgan fingerprint density at radius 1 is 1.15 bits per heavy atom. The lowest BCUT2D eigenvalue weighted by Gasteiger charge is -2.27. The van der Waals surface area contributed by atoms with Crippen LogP contribution in [-0.2, 0) is 24.4 Å². The molecular formula is C27H37N7O5. The Balaban J connectivity index is 1.16. The third kappa shape index (κ3) is 5.83. The molecule has 2 aliphatic rings. The molecule has 0 radical (unpaired) electrons. The summed E-state index contributed by atoms with van der Waals surface area (Å²) >= 11 is 0. The molecule has 2 aromatic heterocycles. The van der Waals surface area contributed by atoms with Crippen molar-refractivity contribution in [2.24, 2.45) is 0 Å². The molecule has 210 valence electrons. The number of rotatable bonds is 7. The van der Waals surface area contributed by atoms with Gasteiger partial charge in [-0.15, -0.1) is 0 Å². The first-order valence-electron chi connectivity index (χ1n) is 13.1. The lowest BCUT2D eigenvalue weighted by molar-refractivity contribution is -0.197. The number of carbonyl (C=O) groups excluding carboxylic acids is 1. The monoisotopic (exact) mass is 539 g/mol. The fourth-order valence-corrected chi connectivity index (χ4v) is 4.99. The summed E-state index contributed by atoms with van der Waals surface area (Å²) in [5.74, 6) is -0.454. The maximum Gasteiger partial charge on any atom is 0.411 e. The molecule has 12 nitrogen and oxygen atoms in total. The van der Waals surface area contributed by atoms with Gasteiger partial charge in [-0.05, 0) is 44.0 Å². The lowest BCUT2D eigenvalue weighted by Crippen LogP contribution is -2.39. The van der Waals surface area contributed by atoms with Gasteiger partial charge in [-0.3, -0.25) is 9.88 Å². The van der Waals surface area contributed by atoms with E-state index >= 15 is 0 Å². The van der Waals surface area contributed by atoms with Crippen molar-refractivity contribution in [3.05, 3.63) is 42.5 Å². The van der Waals surface area contributed by atoms with Crippen LogP contribution in [0.3, 0.4) is 0 Å². The summed E-state index contributed by atoms with van der Waals surface area (Å²) in [5.41, 5.74) is 8.99. The molecule has 5 rings (SSSR count). The van der Waals surface area contributed by atoms with Crippen LogP contribution in [0.1, 0.15) is 46.4 Å². The summed E-state index contributed by atoms with van der Waals surface area (Å²) in [6, 6.07) is 7.78. The number of nitrogen functional groups attached to an aromatic ring is 1. The van der Waals surface area contributed by atoms with Gasteiger partial charge in [0.25, 0.3) is 0 Å². The Morgan fingerprint density at radius 3 is 2.59 bits per heavy atom. The molecule has 0 spiro atoms. The van der Waals surface area contributed by atoms with Gasteiger partial charge in [-0.25, -0.2) is 19.7 Å². The number of likely N-dealkylation sites (N-methyl/N-ethyl adjacent to an activating group) is 1. The number of amides is 1. The van der Waals surface area contributed by atoms with Crippen molar-refractivity contribution in [1.82, 2.24) is 24.4 Å². The Labute approximate surface area is 227 Å². The summed E-state index contributed by atoms with van der Waals surface area (Å²) in [4.78, 5) is 27.1. The van der Waals surface area contributed by atoms with Crippen molar-refractivity contribution >= 4 is 28.8 Å². The molecule has 0 saturated carbocycles. The van der Waals surface area contributed by atoms with E-state index < -0.39 is 18.1 Å². The van der Waals surface area contributed by atoms with Crippen LogP contribution in [0.15, 0.2) is 36.9 Å². The van der Waals surface area contributed by atoms with E-state index in [-0.39, 0.29) is 30.3 Å². The molecule has 4 atom stereocenters. The average Bonchev–Trinajstić information content (AvgIpc) is 3.51. The number of ether oxygens (including phenoxy) is 4. The normalized spacial score (nSPS) is 24.3. The standard InChI is InChI=1S/C27H37N7O5/c1-26(2,3)16-7-9-17(10-8-16)32-25(35)36-12-11-33(6)13-18-20-21(39-27(4,5)38-20)24(37-18)34-15-31-19-22(28)29-14-30-23(19)34/h7-10,14-15,18,20-21,24H,11-13H2,1-6H3,(H,32,35)(H2,28,29,30). The molecule has 0 aliphatic carbocycles. The Hall–Kier alpha value is -3.32. The predicted octanol–water partition coefficient (Wildman–Crippen LogP) is 3.30. The van der Waals surface area contributed by atoms with Gasteiger partial charge in [0.15, 0.2) is 23.5 Å². The minimum absolute atomic E-state index is 0.0486. The average molecular weight is 540 g/mol.